The molecule has 0 saturated carbocycles. The highest BCUT2D eigenvalue weighted by atomic mass is 16.6. The first kappa shape index (κ1) is 19.0. The lowest BCUT2D eigenvalue weighted by molar-refractivity contribution is -0.142. The van der Waals surface area contributed by atoms with Crippen molar-refractivity contribution in [2.45, 2.75) is 33.2 Å². The summed E-state index contributed by atoms with van der Waals surface area (Å²) in [5.74, 6) is 0.379. The summed E-state index contributed by atoms with van der Waals surface area (Å²) in [5, 5.41) is 7.65. The highest BCUT2D eigenvalue weighted by molar-refractivity contribution is 5.71. The van der Waals surface area contributed by atoms with Gasteiger partial charge in [0.1, 0.15) is 5.75 Å². The van der Waals surface area contributed by atoms with Crippen molar-refractivity contribution in [3.8, 4) is 5.75 Å². The number of esters is 1. The minimum absolute atomic E-state index is 0.0654. The minimum atomic E-state index is -0.377. The molecule has 0 unspecified atom stereocenters. The van der Waals surface area contributed by atoms with Crippen LogP contribution in [0.5, 0.6) is 5.75 Å². The second-order valence-corrected chi connectivity index (χ2v) is 6.23. The first-order valence-corrected chi connectivity index (χ1v) is 8.47. The molecule has 0 saturated heterocycles. The molecule has 0 bridgehead atoms. The molecular formula is C19H27N3O3. The Labute approximate surface area is 149 Å². The standard InChI is InChI=1S/C19H27N3O3/c1-14-8-17(9-15(2)19(14)25-13-18(23)24-4)10-20-7-5-6-16-11-21-22(3)12-16/h8-9,11-12,20H,5-7,10,13H2,1-4H3. The lowest BCUT2D eigenvalue weighted by Crippen LogP contribution is -2.16. The van der Waals surface area contributed by atoms with Crippen LogP contribution < -0.4 is 10.1 Å². The third kappa shape index (κ3) is 5.90. The molecule has 0 aliphatic carbocycles. The lowest BCUT2D eigenvalue weighted by Gasteiger charge is -2.14. The predicted octanol–water partition coefficient (Wildman–Crippen LogP) is 2.31. The van der Waals surface area contributed by atoms with Crippen molar-refractivity contribution in [1.29, 1.82) is 0 Å². The van der Waals surface area contributed by atoms with Gasteiger partial charge in [0.2, 0.25) is 0 Å². The number of rotatable bonds is 9. The maximum absolute atomic E-state index is 11.2. The SMILES string of the molecule is COC(=O)COc1c(C)cc(CNCCCc2cnn(C)c2)cc1C. The number of ether oxygens (including phenoxy) is 2. The van der Waals surface area contributed by atoms with E-state index in [2.05, 4.69) is 33.5 Å². The predicted molar refractivity (Wildman–Crippen MR) is 96.7 cm³/mol. The fourth-order valence-corrected chi connectivity index (χ4v) is 2.81. The Kier molecular flexibility index (Phi) is 7.01. The van der Waals surface area contributed by atoms with E-state index in [0.717, 1.165) is 42.8 Å². The molecule has 0 fully saturated rings. The molecule has 0 aliphatic heterocycles. The van der Waals surface area contributed by atoms with E-state index < -0.39 is 0 Å². The van der Waals surface area contributed by atoms with E-state index in [4.69, 9.17) is 4.74 Å². The summed E-state index contributed by atoms with van der Waals surface area (Å²) in [6, 6.07) is 4.18. The first-order chi connectivity index (χ1) is 12.0. The molecule has 0 radical (unpaired) electrons. The topological polar surface area (TPSA) is 65.4 Å². The van der Waals surface area contributed by atoms with E-state index in [1.54, 1.807) is 0 Å². The molecular weight excluding hydrogens is 318 g/mol. The lowest BCUT2D eigenvalue weighted by atomic mass is 10.1. The van der Waals surface area contributed by atoms with E-state index in [1.807, 2.05) is 31.8 Å². The van der Waals surface area contributed by atoms with Gasteiger partial charge in [-0.1, -0.05) is 12.1 Å². The van der Waals surface area contributed by atoms with Crippen LogP contribution in [-0.4, -0.2) is 36.0 Å². The van der Waals surface area contributed by atoms with Crippen LogP contribution in [-0.2, 0) is 29.5 Å². The number of aryl methyl sites for hydroxylation is 4. The number of methoxy groups -OCH3 is 1. The van der Waals surface area contributed by atoms with Gasteiger partial charge in [-0.25, -0.2) is 4.79 Å². The maximum atomic E-state index is 11.2. The molecule has 1 aromatic carbocycles. The molecule has 0 spiro atoms. The third-order valence-corrected chi connectivity index (χ3v) is 3.99. The number of carbonyl (C=O) groups is 1. The van der Waals surface area contributed by atoms with E-state index in [-0.39, 0.29) is 12.6 Å². The highest BCUT2D eigenvalue weighted by Crippen LogP contribution is 2.24. The molecule has 2 rings (SSSR count). The zero-order valence-corrected chi connectivity index (χ0v) is 15.5. The molecule has 2 aromatic rings. The van der Waals surface area contributed by atoms with Crippen LogP contribution >= 0.6 is 0 Å². The second kappa shape index (κ2) is 9.22. The fourth-order valence-electron chi connectivity index (χ4n) is 2.81. The van der Waals surface area contributed by atoms with Gasteiger partial charge in [-0.05, 0) is 55.5 Å². The number of hydrogen-bond donors (Lipinski definition) is 1. The molecule has 0 amide bonds. The van der Waals surface area contributed by atoms with Crippen LogP contribution in [0.2, 0.25) is 0 Å². The van der Waals surface area contributed by atoms with Crippen LogP contribution in [0.25, 0.3) is 0 Å². The zero-order valence-electron chi connectivity index (χ0n) is 15.5. The maximum Gasteiger partial charge on any atom is 0.343 e. The summed E-state index contributed by atoms with van der Waals surface area (Å²) in [4.78, 5) is 11.2. The average Bonchev–Trinajstić information content (AvgIpc) is 2.98. The van der Waals surface area contributed by atoms with E-state index in [0.29, 0.717) is 0 Å². The number of hydrogen-bond acceptors (Lipinski definition) is 5. The van der Waals surface area contributed by atoms with Gasteiger partial charge in [0.05, 0.1) is 13.3 Å². The molecule has 6 heteroatoms. The number of carbonyl (C=O) groups excluding carboxylic acids is 1. The summed E-state index contributed by atoms with van der Waals surface area (Å²) in [7, 11) is 3.29. The Balaban J connectivity index is 1.79. The number of benzene rings is 1. The van der Waals surface area contributed by atoms with Gasteiger partial charge in [0.25, 0.3) is 0 Å². The summed E-state index contributed by atoms with van der Waals surface area (Å²) in [5.41, 5.74) is 4.53. The quantitative estimate of drug-likeness (QED) is 0.558. The van der Waals surface area contributed by atoms with Gasteiger partial charge in [0, 0.05) is 19.8 Å². The van der Waals surface area contributed by atoms with Crippen molar-refractivity contribution in [2.75, 3.05) is 20.3 Å². The molecule has 1 N–H and O–H groups in total. The largest absolute Gasteiger partial charge is 0.481 e. The number of nitrogens with zero attached hydrogens (tertiary/aromatic N) is 2. The van der Waals surface area contributed by atoms with Gasteiger partial charge in [-0.15, -0.1) is 0 Å². The van der Waals surface area contributed by atoms with Crippen LogP contribution in [0.4, 0.5) is 0 Å². The van der Waals surface area contributed by atoms with Crippen molar-refractivity contribution in [3.63, 3.8) is 0 Å². The monoisotopic (exact) mass is 345 g/mol. The molecule has 0 atom stereocenters. The Morgan fingerprint density at radius 2 is 1.96 bits per heavy atom. The number of nitrogens with one attached hydrogen (secondary N) is 1. The van der Waals surface area contributed by atoms with Gasteiger partial charge < -0.3 is 14.8 Å². The summed E-state index contributed by atoms with van der Waals surface area (Å²) in [6.45, 7) is 5.68. The molecule has 6 nitrogen and oxygen atoms in total. The third-order valence-electron chi connectivity index (χ3n) is 3.99. The fraction of sp³-hybridized carbons (Fsp3) is 0.474. The molecule has 1 heterocycles. The van der Waals surface area contributed by atoms with E-state index >= 15 is 0 Å². The summed E-state index contributed by atoms with van der Waals surface area (Å²) in [6.07, 6.45) is 6.07. The molecule has 1 aromatic heterocycles. The molecule has 25 heavy (non-hydrogen) atoms. The highest BCUT2D eigenvalue weighted by Gasteiger charge is 2.09. The second-order valence-electron chi connectivity index (χ2n) is 6.23. The van der Waals surface area contributed by atoms with Crippen LogP contribution in [0.1, 0.15) is 28.7 Å². The van der Waals surface area contributed by atoms with E-state index in [9.17, 15) is 4.79 Å². The minimum Gasteiger partial charge on any atom is -0.481 e. The molecule has 0 aliphatic rings. The Morgan fingerprint density at radius 3 is 2.56 bits per heavy atom. The zero-order chi connectivity index (χ0) is 18.2. The van der Waals surface area contributed by atoms with Crippen molar-refractivity contribution in [3.05, 3.63) is 46.8 Å². The van der Waals surface area contributed by atoms with Gasteiger partial charge in [0.15, 0.2) is 6.61 Å². The van der Waals surface area contributed by atoms with Crippen LogP contribution in [0.15, 0.2) is 24.5 Å². The van der Waals surface area contributed by atoms with Crippen molar-refractivity contribution in [2.24, 2.45) is 7.05 Å². The van der Waals surface area contributed by atoms with E-state index in [1.165, 1.54) is 18.2 Å². The normalized spacial score (nSPS) is 10.7. The van der Waals surface area contributed by atoms with Crippen LogP contribution in [0, 0.1) is 13.8 Å². The van der Waals surface area contributed by atoms with Crippen molar-refractivity contribution in [1.82, 2.24) is 15.1 Å². The van der Waals surface area contributed by atoms with Crippen molar-refractivity contribution < 1.29 is 14.3 Å². The van der Waals surface area contributed by atoms with Gasteiger partial charge in [-0.2, -0.15) is 5.10 Å². The van der Waals surface area contributed by atoms with Crippen molar-refractivity contribution >= 4 is 5.97 Å². The van der Waals surface area contributed by atoms with Gasteiger partial charge >= 0.3 is 5.97 Å². The summed E-state index contributed by atoms with van der Waals surface area (Å²) >= 11 is 0. The smallest absolute Gasteiger partial charge is 0.343 e. The summed E-state index contributed by atoms with van der Waals surface area (Å²) < 4.78 is 12.0. The Bertz CT molecular complexity index is 687. The molecule has 136 valence electrons. The Hall–Kier alpha value is -2.34. The average molecular weight is 345 g/mol. The first-order valence-electron chi connectivity index (χ1n) is 8.47. The van der Waals surface area contributed by atoms with Crippen LogP contribution in [0.3, 0.4) is 0 Å². The Morgan fingerprint density at radius 1 is 1.24 bits per heavy atom. The van der Waals surface area contributed by atoms with Gasteiger partial charge in [-0.3, -0.25) is 4.68 Å². The number of aromatic nitrogens is 2.